The molecular formula is C32H30F4N4O3. The van der Waals surface area contributed by atoms with Crippen LogP contribution >= 0.6 is 0 Å². The van der Waals surface area contributed by atoms with Crippen molar-refractivity contribution in [2.24, 2.45) is 5.92 Å². The van der Waals surface area contributed by atoms with E-state index in [2.05, 4.69) is 20.9 Å². The van der Waals surface area contributed by atoms with Crippen LogP contribution in [0.4, 0.5) is 23.4 Å². The number of anilines is 1. The van der Waals surface area contributed by atoms with Crippen LogP contribution in [0, 0.1) is 5.92 Å². The van der Waals surface area contributed by atoms with Crippen LogP contribution in [-0.4, -0.2) is 42.1 Å². The van der Waals surface area contributed by atoms with Gasteiger partial charge in [-0.1, -0.05) is 36.4 Å². The predicted molar refractivity (Wildman–Crippen MR) is 154 cm³/mol. The zero-order valence-corrected chi connectivity index (χ0v) is 23.4. The number of aromatic nitrogens is 1. The molecule has 2 amide bonds. The molecule has 0 atom stereocenters. The van der Waals surface area contributed by atoms with E-state index in [1.54, 1.807) is 48.5 Å². The summed E-state index contributed by atoms with van der Waals surface area (Å²) in [4.78, 5) is 30.5. The normalized spacial score (nSPS) is 19.0. The monoisotopic (exact) mass is 594 g/mol. The lowest BCUT2D eigenvalue weighted by atomic mass is 9.50. The first-order valence-corrected chi connectivity index (χ1v) is 14.1. The van der Waals surface area contributed by atoms with Gasteiger partial charge in [-0.05, 0) is 66.5 Å². The van der Waals surface area contributed by atoms with Crippen molar-refractivity contribution in [3.05, 3.63) is 82.6 Å². The average molecular weight is 595 g/mol. The molecule has 3 N–H and O–H groups in total. The number of nitrogens with one attached hydrogen (secondary N) is 3. The van der Waals surface area contributed by atoms with Crippen molar-refractivity contribution in [2.75, 3.05) is 18.9 Å². The Bertz CT molecular complexity index is 1700. The number of furan rings is 1. The van der Waals surface area contributed by atoms with E-state index in [0.29, 0.717) is 40.2 Å². The highest BCUT2D eigenvalue weighted by Gasteiger charge is 2.57. The molecule has 2 heterocycles. The fourth-order valence-electron chi connectivity index (χ4n) is 6.06. The summed E-state index contributed by atoms with van der Waals surface area (Å²) in [5.41, 5.74) is 2.56. The van der Waals surface area contributed by atoms with Crippen LogP contribution < -0.4 is 16.0 Å². The maximum Gasteiger partial charge on any atom is 0.405 e. The third kappa shape index (κ3) is 5.80. The fraction of sp³-hybridized carbons (Fsp3) is 0.344. The van der Waals surface area contributed by atoms with Gasteiger partial charge in [0.15, 0.2) is 0 Å². The van der Waals surface area contributed by atoms with Gasteiger partial charge in [-0.25, -0.2) is 4.39 Å². The quantitative estimate of drug-likeness (QED) is 0.186. The van der Waals surface area contributed by atoms with Crippen molar-refractivity contribution in [2.45, 2.75) is 50.5 Å². The Balaban J connectivity index is 1.39. The third-order valence-electron chi connectivity index (χ3n) is 8.31. The fourth-order valence-corrected chi connectivity index (χ4v) is 6.06. The van der Waals surface area contributed by atoms with Crippen LogP contribution in [-0.2, 0) is 19.5 Å². The van der Waals surface area contributed by atoms with Gasteiger partial charge in [0.1, 0.15) is 24.8 Å². The minimum absolute atomic E-state index is 0.00273. The van der Waals surface area contributed by atoms with E-state index in [-0.39, 0.29) is 40.5 Å². The van der Waals surface area contributed by atoms with Crippen molar-refractivity contribution in [1.29, 1.82) is 0 Å². The van der Waals surface area contributed by atoms with Crippen LogP contribution in [0.1, 0.15) is 56.9 Å². The lowest BCUT2D eigenvalue weighted by Gasteiger charge is -2.61. The largest absolute Gasteiger partial charge is 0.442 e. The highest BCUT2D eigenvalue weighted by atomic mass is 19.4. The molecule has 0 radical (unpaired) electrons. The number of nitrogens with zero attached hydrogens (tertiary/aromatic N) is 1. The molecule has 4 aromatic rings. The highest BCUT2D eigenvalue weighted by molar-refractivity contribution is 6.08. The molecule has 0 spiro atoms. The number of hydrogen-bond acceptors (Lipinski definition) is 5. The van der Waals surface area contributed by atoms with Crippen molar-refractivity contribution in [3.63, 3.8) is 0 Å². The van der Waals surface area contributed by atoms with E-state index in [1.807, 2.05) is 6.07 Å². The number of alkyl halides is 4. The second-order valence-electron chi connectivity index (χ2n) is 11.4. The number of amides is 2. The smallest absolute Gasteiger partial charge is 0.405 e. The van der Waals surface area contributed by atoms with Gasteiger partial charge in [0.05, 0.1) is 10.9 Å². The molecule has 7 nitrogen and oxygen atoms in total. The van der Waals surface area contributed by atoms with E-state index in [9.17, 15) is 27.2 Å². The molecule has 3 aliphatic rings. The molecule has 0 aliphatic heterocycles. The van der Waals surface area contributed by atoms with Crippen LogP contribution in [0.25, 0.3) is 22.2 Å². The summed E-state index contributed by atoms with van der Waals surface area (Å²) < 4.78 is 58.9. The molecule has 0 saturated heterocycles. The van der Waals surface area contributed by atoms with E-state index < -0.39 is 25.3 Å². The van der Waals surface area contributed by atoms with E-state index in [0.717, 1.165) is 24.8 Å². The SMILES string of the molecule is CNC(=O)c1c(CCc2cccc(CF)c2)oc2nc(NCC(F)(F)F)c(-c3cccc(C(=O)NC45CC(C4)C5)c3)cc12. The Morgan fingerprint density at radius 2 is 1.74 bits per heavy atom. The summed E-state index contributed by atoms with van der Waals surface area (Å²) >= 11 is 0. The van der Waals surface area contributed by atoms with E-state index >= 15 is 0 Å². The predicted octanol–water partition coefficient (Wildman–Crippen LogP) is 6.37. The second kappa shape index (κ2) is 11.0. The van der Waals surface area contributed by atoms with Crippen molar-refractivity contribution < 1.29 is 31.6 Å². The number of aryl methyl sites for hydroxylation is 2. The Hall–Kier alpha value is -4.41. The van der Waals surface area contributed by atoms with Gasteiger partial charge < -0.3 is 20.4 Å². The number of hydrogen-bond donors (Lipinski definition) is 3. The number of carbonyl (C=O) groups excluding carboxylic acids is 2. The zero-order chi connectivity index (χ0) is 30.4. The van der Waals surface area contributed by atoms with Crippen LogP contribution in [0.15, 0.2) is 59.0 Å². The number of benzene rings is 2. The van der Waals surface area contributed by atoms with Gasteiger partial charge in [0, 0.05) is 30.1 Å². The molecule has 11 heteroatoms. The summed E-state index contributed by atoms with van der Waals surface area (Å²) in [5.74, 6) is 0.203. The summed E-state index contributed by atoms with van der Waals surface area (Å²) in [6.45, 7) is -1.95. The Morgan fingerprint density at radius 3 is 2.42 bits per heavy atom. The zero-order valence-electron chi connectivity index (χ0n) is 23.4. The molecule has 224 valence electrons. The molecule has 3 fully saturated rings. The van der Waals surface area contributed by atoms with E-state index in [4.69, 9.17) is 4.42 Å². The van der Waals surface area contributed by atoms with Crippen molar-refractivity contribution in [1.82, 2.24) is 15.6 Å². The second-order valence-corrected chi connectivity index (χ2v) is 11.4. The van der Waals surface area contributed by atoms with Crippen molar-refractivity contribution in [3.8, 4) is 11.1 Å². The minimum Gasteiger partial charge on any atom is -0.442 e. The summed E-state index contributed by atoms with van der Waals surface area (Å²) in [7, 11) is 1.47. The topological polar surface area (TPSA) is 96.3 Å². The lowest BCUT2D eigenvalue weighted by molar-refractivity contribution is -0.115. The highest BCUT2D eigenvalue weighted by Crippen LogP contribution is 2.57. The average Bonchev–Trinajstić information content (AvgIpc) is 3.32. The molecule has 2 aromatic carbocycles. The maximum atomic E-state index is 13.3. The lowest BCUT2D eigenvalue weighted by Crippen LogP contribution is -2.68. The van der Waals surface area contributed by atoms with Gasteiger partial charge >= 0.3 is 6.18 Å². The van der Waals surface area contributed by atoms with Crippen LogP contribution in [0.5, 0.6) is 0 Å². The van der Waals surface area contributed by atoms with Gasteiger partial charge in [0.2, 0.25) is 5.71 Å². The van der Waals surface area contributed by atoms with Gasteiger partial charge in [-0.15, -0.1) is 0 Å². The molecule has 2 bridgehead atoms. The number of halogens is 4. The molecule has 2 aromatic heterocycles. The third-order valence-corrected chi connectivity index (χ3v) is 8.31. The van der Waals surface area contributed by atoms with E-state index in [1.165, 1.54) is 7.05 Å². The number of rotatable bonds is 10. The molecule has 43 heavy (non-hydrogen) atoms. The number of pyridine rings is 1. The molecular weight excluding hydrogens is 564 g/mol. The van der Waals surface area contributed by atoms with Gasteiger partial charge in [0.25, 0.3) is 11.8 Å². The first-order valence-electron chi connectivity index (χ1n) is 14.1. The summed E-state index contributed by atoms with van der Waals surface area (Å²) in [6, 6.07) is 15.2. The summed E-state index contributed by atoms with van der Waals surface area (Å²) in [5, 5.41) is 8.39. The van der Waals surface area contributed by atoms with Crippen LogP contribution in [0.3, 0.4) is 0 Å². The Kier molecular flexibility index (Phi) is 7.35. The number of carbonyl (C=O) groups is 2. The van der Waals surface area contributed by atoms with Gasteiger partial charge in [-0.2, -0.15) is 18.2 Å². The molecule has 3 saturated carbocycles. The van der Waals surface area contributed by atoms with Gasteiger partial charge in [-0.3, -0.25) is 9.59 Å². The summed E-state index contributed by atoms with van der Waals surface area (Å²) in [6.07, 6.45) is -0.907. The minimum atomic E-state index is -4.52. The first kappa shape index (κ1) is 28.7. The van der Waals surface area contributed by atoms with Crippen LogP contribution in [0.2, 0.25) is 0 Å². The molecule has 7 rings (SSSR count). The molecule has 0 unspecified atom stereocenters. The standard InChI is InChI=1S/C32H30F4N4O3/c1-37-29(42)26-24-12-23(21-6-3-7-22(11-21)28(41)40-31-13-20(14-31)15-31)27(38-17-32(34,35)36)39-30(24)43-25(26)9-8-18-4-2-5-19(10-18)16-33/h2-7,10-12,20H,8-9,13-17H2,1H3,(H,37,42)(H,38,39)(H,40,41). The van der Waals surface area contributed by atoms with Crippen molar-refractivity contribution >= 4 is 28.7 Å². The number of fused-ring (bicyclic) bond motifs is 1. The maximum absolute atomic E-state index is 13.3. The Labute approximate surface area is 245 Å². The Morgan fingerprint density at radius 1 is 1.00 bits per heavy atom. The molecule has 3 aliphatic carbocycles. The first-order chi connectivity index (χ1) is 20.6.